The van der Waals surface area contributed by atoms with Crippen molar-refractivity contribution < 1.29 is 4.79 Å². The molecule has 2 rings (SSSR count). The van der Waals surface area contributed by atoms with Gasteiger partial charge in [-0.25, -0.2) is 0 Å². The molecule has 1 aliphatic rings. The zero-order valence-electron chi connectivity index (χ0n) is 13.0. The maximum atomic E-state index is 12.3. The molecule has 0 bridgehead atoms. The normalized spacial score (nSPS) is 14.9. The molecule has 0 radical (unpaired) electrons. The summed E-state index contributed by atoms with van der Waals surface area (Å²) in [6.07, 6.45) is 5.27. The van der Waals surface area contributed by atoms with E-state index in [1.54, 1.807) is 0 Å². The van der Waals surface area contributed by atoms with E-state index in [0.29, 0.717) is 23.5 Å². The Morgan fingerprint density at radius 2 is 1.95 bits per heavy atom. The van der Waals surface area contributed by atoms with Gasteiger partial charge < -0.3 is 16.0 Å². The van der Waals surface area contributed by atoms with Crippen molar-refractivity contribution in [3.05, 3.63) is 35.4 Å². The first-order valence-electron chi connectivity index (χ1n) is 8.03. The largest absolute Gasteiger partial charge is 0.393 e. The fourth-order valence-corrected chi connectivity index (χ4v) is 3.00. The van der Waals surface area contributed by atoms with Crippen molar-refractivity contribution in [2.75, 3.05) is 26.2 Å². The highest BCUT2D eigenvalue weighted by Gasteiger charge is 2.12. The van der Waals surface area contributed by atoms with Gasteiger partial charge in [-0.1, -0.05) is 30.4 Å². The summed E-state index contributed by atoms with van der Waals surface area (Å²) in [5.41, 5.74) is 7.16. The van der Waals surface area contributed by atoms with Gasteiger partial charge >= 0.3 is 0 Å². The molecule has 0 atom stereocenters. The topological polar surface area (TPSA) is 58.4 Å². The van der Waals surface area contributed by atoms with Crippen LogP contribution in [0.15, 0.2) is 24.3 Å². The lowest BCUT2D eigenvalue weighted by Gasteiger charge is -2.14. The molecule has 0 aliphatic carbocycles. The summed E-state index contributed by atoms with van der Waals surface area (Å²) in [6, 6.07) is 7.50. The van der Waals surface area contributed by atoms with Crippen LogP contribution in [0.2, 0.25) is 0 Å². The van der Waals surface area contributed by atoms with E-state index in [1.807, 2.05) is 24.3 Å². The van der Waals surface area contributed by atoms with Gasteiger partial charge in [-0.15, -0.1) is 0 Å². The Morgan fingerprint density at radius 1 is 1.23 bits per heavy atom. The molecule has 120 valence electrons. The maximum Gasteiger partial charge on any atom is 0.251 e. The van der Waals surface area contributed by atoms with Crippen molar-refractivity contribution in [3.63, 3.8) is 0 Å². The predicted molar refractivity (Wildman–Crippen MR) is 94.2 cm³/mol. The highest BCUT2D eigenvalue weighted by Crippen LogP contribution is 2.10. The molecule has 1 aliphatic heterocycles. The van der Waals surface area contributed by atoms with Crippen molar-refractivity contribution in [1.29, 1.82) is 0 Å². The molecule has 3 N–H and O–H groups in total. The van der Waals surface area contributed by atoms with E-state index in [-0.39, 0.29) is 5.91 Å². The lowest BCUT2D eigenvalue weighted by atomic mass is 10.0. The Balaban J connectivity index is 1.73. The minimum Gasteiger partial charge on any atom is -0.393 e. The van der Waals surface area contributed by atoms with Gasteiger partial charge in [0.15, 0.2) is 0 Å². The van der Waals surface area contributed by atoms with Gasteiger partial charge in [0, 0.05) is 18.5 Å². The molecule has 1 heterocycles. The van der Waals surface area contributed by atoms with Gasteiger partial charge in [-0.3, -0.25) is 4.79 Å². The fourth-order valence-electron chi connectivity index (χ4n) is 2.85. The van der Waals surface area contributed by atoms with Crippen LogP contribution in [0.5, 0.6) is 0 Å². The van der Waals surface area contributed by atoms with Gasteiger partial charge in [0.25, 0.3) is 5.91 Å². The van der Waals surface area contributed by atoms with E-state index in [0.717, 1.165) is 24.9 Å². The van der Waals surface area contributed by atoms with Gasteiger partial charge in [0.05, 0.1) is 4.99 Å². The Bertz CT molecular complexity index is 512. The average Bonchev–Trinajstić information content (AvgIpc) is 3.00. The SMILES string of the molecule is NC(=S)Cc1ccccc1C(=O)NCCCCN1CCCC1. The van der Waals surface area contributed by atoms with Crippen molar-refractivity contribution >= 4 is 23.1 Å². The number of benzene rings is 1. The van der Waals surface area contributed by atoms with Crippen molar-refractivity contribution in [1.82, 2.24) is 10.2 Å². The fraction of sp³-hybridized carbons (Fsp3) is 0.529. The zero-order chi connectivity index (χ0) is 15.8. The molecule has 0 aromatic heterocycles. The van der Waals surface area contributed by atoms with Crippen LogP contribution < -0.4 is 11.1 Å². The summed E-state index contributed by atoms with van der Waals surface area (Å²) >= 11 is 4.94. The monoisotopic (exact) mass is 319 g/mol. The van der Waals surface area contributed by atoms with E-state index in [2.05, 4.69) is 10.2 Å². The van der Waals surface area contributed by atoms with Crippen LogP contribution in [-0.2, 0) is 6.42 Å². The number of unbranched alkanes of at least 4 members (excludes halogenated alkanes) is 1. The number of amides is 1. The number of carbonyl (C=O) groups excluding carboxylic acids is 1. The number of nitrogens with one attached hydrogen (secondary N) is 1. The third-order valence-corrected chi connectivity index (χ3v) is 4.16. The van der Waals surface area contributed by atoms with Crippen molar-refractivity contribution in [2.45, 2.75) is 32.1 Å². The molecular formula is C17H25N3OS. The second-order valence-electron chi connectivity index (χ2n) is 5.81. The van der Waals surface area contributed by atoms with Crippen LogP contribution in [-0.4, -0.2) is 42.0 Å². The quantitative estimate of drug-likeness (QED) is 0.569. The van der Waals surface area contributed by atoms with E-state index in [9.17, 15) is 4.79 Å². The van der Waals surface area contributed by atoms with Crippen LogP contribution in [0.1, 0.15) is 41.6 Å². The van der Waals surface area contributed by atoms with E-state index in [1.165, 1.54) is 25.9 Å². The molecule has 0 unspecified atom stereocenters. The predicted octanol–water partition coefficient (Wildman–Crippen LogP) is 2.12. The standard InChI is InChI=1S/C17H25N3OS/c18-16(22)13-14-7-1-2-8-15(14)17(21)19-9-3-4-10-20-11-5-6-12-20/h1-2,7-8H,3-6,9-13H2,(H2,18,22)(H,19,21). The molecule has 0 spiro atoms. The summed E-state index contributed by atoms with van der Waals surface area (Å²) in [4.78, 5) is 15.2. The first-order chi connectivity index (χ1) is 10.7. The molecule has 22 heavy (non-hydrogen) atoms. The van der Waals surface area contributed by atoms with E-state index >= 15 is 0 Å². The number of nitrogens with two attached hydrogens (primary N) is 1. The van der Waals surface area contributed by atoms with Gasteiger partial charge in [-0.05, 0) is 56.9 Å². The Hall–Kier alpha value is -1.46. The second kappa shape index (κ2) is 8.86. The zero-order valence-corrected chi connectivity index (χ0v) is 13.8. The van der Waals surface area contributed by atoms with Crippen LogP contribution in [0.25, 0.3) is 0 Å². The summed E-state index contributed by atoms with van der Waals surface area (Å²) in [5, 5.41) is 3.00. The van der Waals surface area contributed by atoms with Crippen molar-refractivity contribution in [2.24, 2.45) is 5.73 Å². The number of rotatable bonds is 8. The highest BCUT2D eigenvalue weighted by atomic mass is 32.1. The number of likely N-dealkylation sites (tertiary alicyclic amines) is 1. The summed E-state index contributed by atoms with van der Waals surface area (Å²) in [6.45, 7) is 4.33. The third kappa shape index (κ3) is 5.39. The molecule has 1 amide bonds. The Morgan fingerprint density at radius 3 is 2.68 bits per heavy atom. The first-order valence-corrected chi connectivity index (χ1v) is 8.44. The third-order valence-electron chi connectivity index (χ3n) is 4.01. The number of thiocarbonyl (C=S) groups is 1. The maximum absolute atomic E-state index is 12.3. The van der Waals surface area contributed by atoms with Crippen molar-refractivity contribution in [3.8, 4) is 0 Å². The van der Waals surface area contributed by atoms with Gasteiger partial charge in [0.2, 0.25) is 0 Å². The molecule has 1 aromatic carbocycles. The second-order valence-corrected chi connectivity index (χ2v) is 6.34. The average molecular weight is 319 g/mol. The minimum absolute atomic E-state index is 0.0342. The van der Waals surface area contributed by atoms with E-state index in [4.69, 9.17) is 18.0 Å². The first kappa shape index (κ1) is 16.9. The van der Waals surface area contributed by atoms with Gasteiger partial charge in [0.1, 0.15) is 0 Å². The number of hydrogen-bond donors (Lipinski definition) is 2. The smallest absolute Gasteiger partial charge is 0.251 e. The molecule has 1 aromatic rings. The molecule has 5 heteroatoms. The van der Waals surface area contributed by atoms with Crippen LogP contribution in [0, 0.1) is 0 Å². The van der Waals surface area contributed by atoms with Crippen LogP contribution in [0.3, 0.4) is 0 Å². The lowest BCUT2D eigenvalue weighted by molar-refractivity contribution is 0.0952. The van der Waals surface area contributed by atoms with E-state index < -0.39 is 0 Å². The summed E-state index contributed by atoms with van der Waals surface area (Å²) in [5.74, 6) is -0.0342. The van der Waals surface area contributed by atoms with Crippen LogP contribution in [0.4, 0.5) is 0 Å². The number of nitrogens with zero attached hydrogens (tertiary/aromatic N) is 1. The van der Waals surface area contributed by atoms with Crippen LogP contribution >= 0.6 is 12.2 Å². The molecular weight excluding hydrogens is 294 g/mol. The molecule has 1 saturated heterocycles. The lowest BCUT2D eigenvalue weighted by Crippen LogP contribution is -2.27. The summed E-state index contributed by atoms with van der Waals surface area (Å²) < 4.78 is 0. The Labute approximate surface area is 138 Å². The molecule has 0 saturated carbocycles. The molecule has 4 nitrogen and oxygen atoms in total. The minimum atomic E-state index is -0.0342. The number of hydrogen-bond acceptors (Lipinski definition) is 3. The number of carbonyl (C=O) groups is 1. The van der Waals surface area contributed by atoms with Gasteiger partial charge in [-0.2, -0.15) is 0 Å². The highest BCUT2D eigenvalue weighted by molar-refractivity contribution is 7.80. The Kier molecular flexibility index (Phi) is 6.80. The summed E-state index contributed by atoms with van der Waals surface area (Å²) in [7, 11) is 0. The molecule has 1 fully saturated rings.